The summed E-state index contributed by atoms with van der Waals surface area (Å²) in [6.07, 6.45) is 0.807. The molecule has 5 nitrogen and oxygen atoms in total. The number of halogens is 2. The zero-order valence-electron chi connectivity index (χ0n) is 7.92. The molecule has 0 fully saturated rings. The summed E-state index contributed by atoms with van der Waals surface area (Å²) in [5.74, 6) is -0.832. The lowest BCUT2D eigenvalue weighted by Gasteiger charge is -2.01. The highest BCUT2D eigenvalue weighted by atomic mass is 19.3. The van der Waals surface area contributed by atoms with Gasteiger partial charge in [-0.1, -0.05) is 0 Å². The number of aromatic nitrogens is 4. The normalized spacial score (nSPS) is 10.7. The molecule has 82 valence electrons. The van der Waals surface area contributed by atoms with Gasteiger partial charge in [0.2, 0.25) is 5.78 Å². The van der Waals surface area contributed by atoms with Crippen molar-refractivity contribution < 1.29 is 13.6 Å². The maximum absolute atomic E-state index is 12.1. The zero-order chi connectivity index (χ0) is 11.5. The van der Waals surface area contributed by atoms with Crippen molar-refractivity contribution in [2.45, 2.75) is 6.43 Å². The molecule has 0 radical (unpaired) electrons. The average molecular weight is 224 g/mol. The first-order chi connectivity index (χ1) is 7.68. The number of hydrogen-bond acceptors (Lipinski definition) is 4. The zero-order valence-corrected chi connectivity index (χ0v) is 7.92. The van der Waals surface area contributed by atoms with Gasteiger partial charge in [0.25, 0.3) is 0 Å². The van der Waals surface area contributed by atoms with Gasteiger partial charge in [0, 0.05) is 11.8 Å². The number of hydrogen-bond donors (Lipinski definition) is 0. The fourth-order valence-corrected chi connectivity index (χ4v) is 1.12. The van der Waals surface area contributed by atoms with E-state index in [1.54, 1.807) is 0 Å². The van der Waals surface area contributed by atoms with Crippen molar-refractivity contribution in [3.05, 3.63) is 36.5 Å². The fourth-order valence-electron chi connectivity index (χ4n) is 1.12. The number of carbonyl (C=O) groups is 1. The van der Waals surface area contributed by atoms with Crippen molar-refractivity contribution in [2.75, 3.05) is 0 Å². The predicted octanol–water partition coefficient (Wildman–Crippen LogP) is 1.11. The van der Waals surface area contributed by atoms with E-state index in [1.807, 2.05) is 0 Å². The second-order valence-electron chi connectivity index (χ2n) is 2.91. The molecule has 7 heteroatoms. The first-order valence-electron chi connectivity index (χ1n) is 4.32. The van der Waals surface area contributed by atoms with E-state index in [0.29, 0.717) is 5.82 Å². The minimum atomic E-state index is -3.01. The Bertz CT molecular complexity index is 481. The summed E-state index contributed by atoms with van der Waals surface area (Å²) < 4.78 is 25.5. The lowest BCUT2D eigenvalue weighted by Crippen LogP contribution is -2.11. The number of alkyl halides is 2. The molecule has 2 aromatic rings. The molecular formula is C9H6F2N4O. The third-order valence-corrected chi connectivity index (χ3v) is 1.88. The molecular weight excluding hydrogens is 218 g/mol. The third-order valence-electron chi connectivity index (χ3n) is 1.88. The number of rotatable bonds is 3. The maximum atomic E-state index is 12.1. The molecule has 0 N–H and O–H groups in total. The quantitative estimate of drug-likeness (QED) is 0.732. The molecule has 0 aliphatic heterocycles. The highest BCUT2D eigenvalue weighted by molar-refractivity contribution is 5.98. The highest BCUT2D eigenvalue weighted by Gasteiger charge is 2.17. The van der Waals surface area contributed by atoms with Crippen LogP contribution < -0.4 is 0 Å². The monoisotopic (exact) mass is 224 g/mol. The molecule has 2 heterocycles. The second-order valence-corrected chi connectivity index (χ2v) is 2.91. The molecule has 0 aliphatic rings. The number of ketones is 1. The maximum Gasteiger partial charge on any atom is 0.300 e. The lowest BCUT2D eigenvalue weighted by atomic mass is 10.2. The molecule has 2 aromatic heterocycles. The topological polar surface area (TPSA) is 60.7 Å². The molecule has 16 heavy (non-hydrogen) atoms. The van der Waals surface area contributed by atoms with E-state index in [0.717, 1.165) is 6.20 Å². The van der Waals surface area contributed by atoms with Crippen LogP contribution in [0.15, 0.2) is 31.0 Å². The molecule has 0 saturated heterocycles. The average Bonchev–Trinajstić information content (AvgIpc) is 2.81. The van der Waals surface area contributed by atoms with Gasteiger partial charge in [-0.3, -0.25) is 4.79 Å². The molecule has 0 amide bonds. The summed E-state index contributed by atoms with van der Waals surface area (Å²) >= 11 is 0. The Kier molecular flexibility index (Phi) is 2.67. The molecule has 0 spiro atoms. The van der Waals surface area contributed by atoms with Crippen molar-refractivity contribution >= 4 is 5.78 Å². The van der Waals surface area contributed by atoms with Crippen LogP contribution in [0, 0.1) is 0 Å². The van der Waals surface area contributed by atoms with Crippen LogP contribution >= 0.6 is 0 Å². The van der Waals surface area contributed by atoms with Crippen LogP contribution in [-0.2, 0) is 0 Å². The summed E-state index contributed by atoms with van der Waals surface area (Å²) in [4.78, 5) is 18.5. The predicted molar refractivity (Wildman–Crippen MR) is 49.5 cm³/mol. The van der Waals surface area contributed by atoms with E-state index in [9.17, 15) is 13.6 Å². The van der Waals surface area contributed by atoms with Crippen molar-refractivity contribution in [1.29, 1.82) is 0 Å². The molecule has 2 rings (SSSR count). The number of nitrogens with zero attached hydrogens (tertiary/aromatic N) is 4. The van der Waals surface area contributed by atoms with E-state index < -0.39 is 12.2 Å². The van der Waals surface area contributed by atoms with E-state index in [-0.39, 0.29) is 5.56 Å². The Morgan fingerprint density at radius 2 is 2.19 bits per heavy atom. The van der Waals surface area contributed by atoms with Crippen LogP contribution in [0.3, 0.4) is 0 Å². The number of Topliss-reactive ketones (excluding diaryl/α,β-unsaturated/α-hetero) is 1. The third kappa shape index (κ3) is 1.92. The van der Waals surface area contributed by atoms with E-state index in [2.05, 4.69) is 15.1 Å². The summed E-state index contributed by atoms with van der Waals surface area (Å²) in [6.45, 7) is 0. The molecule has 0 atom stereocenters. The van der Waals surface area contributed by atoms with Crippen molar-refractivity contribution in [2.24, 2.45) is 0 Å². The van der Waals surface area contributed by atoms with Crippen LogP contribution in [-0.4, -0.2) is 32.0 Å². The Morgan fingerprint density at radius 1 is 1.38 bits per heavy atom. The minimum Gasteiger partial charge on any atom is -0.288 e. The largest absolute Gasteiger partial charge is 0.300 e. The van der Waals surface area contributed by atoms with Gasteiger partial charge in [-0.2, -0.15) is 5.10 Å². The van der Waals surface area contributed by atoms with Crippen LogP contribution in [0.1, 0.15) is 10.4 Å². The minimum absolute atomic E-state index is 0.126. The van der Waals surface area contributed by atoms with Crippen LogP contribution in [0.4, 0.5) is 8.78 Å². The molecule has 0 aliphatic carbocycles. The molecule has 0 unspecified atom stereocenters. The number of carbonyl (C=O) groups excluding carboxylic acids is 1. The Balaban J connectivity index is 2.27. The van der Waals surface area contributed by atoms with Crippen molar-refractivity contribution in [1.82, 2.24) is 19.7 Å². The van der Waals surface area contributed by atoms with Gasteiger partial charge in [-0.25, -0.2) is 23.4 Å². The van der Waals surface area contributed by atoms with Gasteiger partial charge in [-0.05, 0) is 12.1 Å². The molecule has 0 bridgehead atoms. The van der Waals surface area contributed by atoms with E-state index in [1.165, 1.54) is 29.5 Å². The summed E-state index contributed by atoms with van der Waals surface area (Å²) in [5, 5.41) is 3.81. The van der Waals surface area contributed by atoms with Gasteiger partial charge in [0.1, 0.15) is 12.7 Å². The Hall–Kier alpha value is -2.18. The highest BCUT2D eigenvalue weighted by Crippen LogP contribution is 2.08. The summed E-state index contributed by atoms with van der Waals surface area (Å²) in [5.41, 5.74) is -0.126. The van der Waals surface area contributed by atoms with Gasteiger partial charge in [0.15, 0.2) is 5.82 Å². The summed E-state index contributed by atoms with van der Waals surface area (Å²) in [6, 6.07) is 2.70. The second kappa shape index (κ2) is 4.13. The fraction of sp³-hybridized carbons (Fsp3) is 0.111. The van der Waals surface area contributed by atoms with Gasteiger partial charge < -0.3 is 0 Å². The lowest BCUT2D eigenvalue weighted by molar-refractivity contribution is 0.0678. The van der Waals surface area contributed by atoms with E-state index in [4.69, 9.17) is 0 Å². The van der Waals surface area contributed by atoms with E-state index >= 15 is 0 Å². The smallest absolute Gasteiger partial charge is 0.288 e. The molecule has 0 aromatic carbocycles. The van der Waals surface area contributed by atoms with Gasteiger partial charge >= 0.3 is 6.43 Å². The van der Waals surface area contributed by atoms with Gasteiger partial charge in [0.05, 0.1) is 0 Å². The molecule has 0 saturated carbocycles. The SMILES string of the molecule is O=C(c1ccc(-n2cncn2)nc1)C(F)F. The van der Waals surface area contributed by atoms with Crippen LogP contribution in [0.2, 0.25) is 0 Å². The number of pyridine rings is 1. The van der Waals surface area contributed by atoms with Crippen LogP contribution in [0.5, 0.6) is 0 Å². The Labute approximate surface area is 88.8 Å². The van der Waals surface area contributed by atoms with Crippen molar-refractivity contribution in [3.63, 3.8) is 0 Å². The first-order valence-corrected chi connectivity index (χ1v) is 4.32. The van der Waals surface area contributed by atoms with Crippen LogP contribution in [0.25, 0.3) is 5.82 Å². The standard InChI is InChI=1S/C9H6F2N4O/c10-9(11)8(16)6-1-2-7(13-3-6)15-5-12-4-14-15/h1-5,9H. The summed E-state index contributed by atoms with van der Waals surface area (Å²) in [7, 11) is 0. The van der Waals surface area contributed by atoms with Crippen molar-refractivity contribution in [3.8, 4) is 5.82 Å². The van der Waals surface area contributed by atoms with Gasteiger partial charge in [-0.15, -0.1) is 0 Å². The first kappa shape index (κ1) is 10.3. The Morgan fingerprint density at radius 3 is 2.69 bits per heavy atom.